The van der Waals surface area contributed by atoms with E-state index in [4.69, 9.17) is 32.7 Å². The average Bonchev–Trinajstić information content (AvgIpc) is 3.50. The van der Waals surface area contributed by atoms with Gasteiger partial charge in [0, 0.05) is 6.04 Å². The monoisotopic (exact) mass is 482 g/mol. The third kappa shape index (κ3) is 4.79. The van der Waals surface area contributed by atoms with Crippen LogP contribution in [-0.4, -0.2) is 30.3 Å². The highest BCUT2D eigenvalue weighted by molar-refractivity contribution is 7.89. The van der Waals surface area contributed by atoms with Crippen LogP contribution in [0.1, 0.15) is 37.7 Å². The Labute approximate surface area is 190 Å². The number of rotatable bonds is 8. The van der Waals surface area contributed by atoms with Crippen molar-refractivity contribution in [2.45, 2.75) is 36.7 Å². The fraction of sp³-hybridized carbons (Fsp3) is 0.300. The number of halogens is 2. The number of hydrogen-bond acceptors (Lipinski definition) is 6. The van der Waals surface area contributed by atoms with Gasteiger partial charge in [-0.2, -0.15) is 0 Å². The molecular weight excluding hydrogens is 463 g/mol. The summed E-state index contributed by atoms with van der Waals surface area (Å²) in [5.74, 6) is 1.75. The second-order valence-corrected chi connectivity index (χ2v) is 9.67. The fourth-order valence-corrected chi connectivity index (χ4v) is 4.67. The zero-order chi connectivity index (χ0) is 22.2. The summed E-state index contributed by atoms with van der Waals surface area (Å²) in [5.41, 5.74) is 0. The molecule has 0 bridgehead atoms. The van der Waals surface area contributed by atoms with Crippen LogP contribution < -0.4 is 14.2 Å². The highest BCUT2D eigenvalue weighted by Crippen LogP contribution is 2.41. The van der Waals surface area contributed by atoms with E-state index < -0.39 is 16.1 Å². The van der Waals surface area contributed by atoms with Crippen molar-refractivity contribution in [3.63, 3.8) is 0 Å². The summed E-state index contributed by atoms with van der Waals surface area (Å²) in [6.07, 6.45) is 1.88. The molecule has 0 aliphatic heterocycles. The Hall–Kier alpha value is -2.33. The highest BCUT2D eigenvalue weighted by Gasteiger charge is 2.33. The van der Waals surface area contributed by atoms with E-state index in [1.807, 2.05) is 4.57 Å². The lowest BCUT2D eigenvalue weighted by atomic mass is 10.3. The predicted molar refractivity (Wildman–Crippen MR) is 117 cm³/mol. The molecule has 1 saturated carbocycles. The third-order valence-electron chi connectivity index (χ3n) is 4.79. The molecule has 1 aliphatic carbocycles. The Balaban J connectivity index is 1.58. The van der Waals surface area contributed by atoms with E-state index in [0.717, 1.165) is 12.8 Å². The maximum absolute atomic E-state index is 12.8. The molecule has 1 aromatic heterocycles. The Morgan fingerprint density at radius 3 is 2.35 bits per heavy atom. The Morgan fingerprint density at radius 1 is 1.06 bits per heavy atom. The predicted octanol–water partition coefficient (Wildman–Crippen LogP) is 4.76. The van der Waals surface area contributed by atoms with Crippen LogP contribution >= 0.6 is 23.2 Å². The molecule has 0 amide bonds. The summed E-state index contributed by atoms with van der Waals surface area (Å²) >= 11 is 11.9. The molecule has 4 rings (SSSR count). The van der Waals surface area contributed by atoms with Gasteiger partial charge in [-0.25, -0.2) is 13.1 Å². The molecule has 8 nitrogen and oxygen atoms in total. The van der Waals surface area contributed by atoms with Gasteiger partial charge in [-0.05, 0) is 62.2 Å². The summed E-state index contributed by atoms with van der Waals surface area (Å²) in [6.45, 7) is 1.70. The molecule has 11 heteroatoms. The third-order valence-corrected chi connectivity index (χ3v) is 7.07. The van der Waals surface area contributed by atoms with E-state index in [-0.39, 0.29) is 21.0 Å². The van der Waals surface area contributed by atoms with Crippen LogP contribution in [-0.2, 0) is 10.0 Å². The molecule has 1 aliphatic rings. The SMILES string of the molecule is COc1ccc(Oc2nnc([C@@H](C)NS(=O)(=O)c3ccc(Cl)c(Cl)c3)n2C2CC2)cc1. The lowest BCUT2D eigenvalue weighted by molar-refractivity contribution is 0.398. The van der Waals surface area contributed by atoms with Gasteiger partial charge in [-0.15, -0.1) is 5.10 Å². The minimum atomic E-state index is -3.86. The van der Waals surface area contributed by atoms with E-state index >= 15 is 0 Å². The zero-order valence-corrected chi connectivity index (χ0v) is 19.1. The Bertz CT molecular complexity index is 1190. The number of hydrogen-bond donors (Lipinski definition) is 1. The second kappa shape index (κ2) is 8.66. The average molecular weight is 483 g/mol. The molecule has 1 atom stereocenters. The quantitative estimate of drug-likeness (QED) is 0.497. The van der Waals surface area contributed by atoms with Crippen molar-refractivity contribution < 1.29 is 17.9 Å². The van der Waals surface area contributed by atoms with Gasteiger partial charge < -0.3 is 9.47 Å². The fourth-order valence-electron chi connectivity index (χ4n) is 3.08. The second-order valence-electron chi connectivity index (χ2n) is 7.14. The number of aromatic nitrogens is 3. The zero-order valence-electron chi connectivity index (χ0n) is 16.7. The van der Waals surface area contributed by atoms with E-state index in [0.29, 0.717) is 23.3 Å². The van der Waals surface area contributed by atoms with Gasteiger partial charge in [0.15, 0.2) is 5.82 Å². The number of nitrogens with zero attached hydrogens (tertiary/aromatic N) is 3. The van der Waals surface area contributed by atoms with Crippen LogP contribution in [0.4, 0.5) is 0 Å². The minimum Gasteiger partial charge on any atom is -0.497 e. The van der Waals surface area contributed by atoms with Crippen LogP contribution in [0.3, 0.4) is 0 Å². The van der Waals surface area contributed by atoms with Crippen LogP contribution in [0.5, 0.6) is 17.5 Å². The molecule has 0 spiro atoms. The standard InChI is InChI=1S/C20H20Cl2N4O4S/c1-12(25-31(27,28)16-9-10-17(21)18(22)11-16)19-23-24-20(26(19)13-3-4-13)30-15-7-5-14(29-2)6-8-15/h5-13,25H,3-4H2,1-2H3/t12-/m1/s1. The van der Waals surface area contributed by atoms with Gasteiger partial charge in [0.1, 0.15) is 11.5 Å². The molecule has 2 aromatic carbocycles. The number of sulfonamides is 1. The van der Waals surface area contributed by atoms with Gasteiger partial charge in [0.05, 0.1) is 28.1 Å². The van der Waals surface area contributed by atoms with Crippen LogP contribution in [0.2, 0.25) is 10.0 Å². The molecule has 3 aromatic rings. The minimum absolute atomic E-state index is 0.0148. The Morgan fingerprint density at radius 2 is 1.74 bits per heavy atom. The highest BCUT2D eigenvalue weighted by atomic mass is 35.5. The van der Waals surface area contributed by atoms with E-state index in [2.05, 4.69) is 14.9 Å². The number of methoxy groups -OCH3 is 1. The smallest absolute Gasteiger partial charge is 0.322 e. The summed E-state index contributed by atoms with van der Waals surface area (Å²) in [6, 6.07) is 11.1. The maximum atomic E-state index is 12.8. The Kier molecular flexibility index (Phi) is 6.11. The molecule has 0 radical (unpaired) electrons. The van der Waals surface area contributed by atoms with Crippen molar-refractivity contribution in [3.8, 4) is 17.5 Å². The van der Waals surface area contributed by atoms with Crippen molar-refractivity contribution in [3.05, 3.63) is 58.3 Å². The van der Waals surface area contributed by atoms with Crippen molar-refractivity contribution in [2.24, 2.45) is 0 Å². The van der Waals surface area contributed by atoms with E-state index in [9.17, 15) is 8.42 Å². The van der Waals surface area contributed by atoms with Crippen molar-refractivity contribution in [2.75, 3.05) is 7.11 Å². The van der Waals surface area contributed by atoms with Crippen molar-refractivity contribution in [1.82, 2.24) is 19.5 Å². The lowest BCUT2D eigenvalue weighted by Gasteiger charge is -2.16. The van der Waals surface area contributed by atoms with Crippen LogP contribution in [0.25, 0.3) is 0 Å². The van der Waals surface area contributed by atoms with E-state index in [1.165, 1.54) is 18.2 Å². The normalized spacial score (nSPS) is 15.0. The molecule has 1 fully saturated rings. The van der Waals surface area contributed by atoms with E-state index in [1.54, 1.807) is 38.3 Å². The van der Waals surface area contributed by atoms with Crippen molar-refractivity contribution in [1.29, 1.82) is 0 Å². The maximum Gasteiger partial charge on any atom is 0.322 e. The lowest BCUT2D eigenvalue weighted by Crippen LogP contribution is -2.29. The van der Waals surface area contributed by atoms with Crippen molar-refractivity contribution >= 4 is 33.2 Å². The first-order chi connectivity index (χ1) is 14.8. The largest absolute Gasteiger partial charge is 0.497 e. The molecule has 1 heterocycles. The first kappa shape index (κ1) is 21.9. The summed E-state index contributed by atoms with van der Waals surface area (Å²) in [4.78, 5) is 0.0148. The van der Waals surface area contributed by atoms with Gasteiger partial charge in [0.2, 0.25) is 10.0 Å². The summed E-state index contributed by atoms with van der Waals surface area (Å²) in [5, 5.41) is 8.80. The number of nitrogens with one attached hydrogen (secondary N) is 1. The summed E-state index contributed by atoms with van der Waals surface area (Å²) in [7, 11) is -2.27. The first-order valence-corrected chi connectivity index (χ1v) is 11.8. The van der Waals surface area contributed by atoms with Gasteiger partial charge in [-0.1, -0.05) is 28.3 Å². The number of benzene rings is 2. The molecule has 0 unspecified atom stereocenters. The van der Waals surface area contributed by atoms with Gasteiger partial charge in [0.25, 0.3) is 0 Å². The summed E-state index contributed by atoms with van der Waals surface area (Å²) < 4.78 is 41.2. The molecule has 164 valence electrons. The number of ether oxygens (including phenoxy) is 2. The first-order valence-electron chi connectivity index (χ1n) is 9.52. The van der Waals surface area contributed by atoms with Gasteiger partial charge >= 0.3 is 6.01 Å². The van der Waals surface area contributed by atoms with Crippen LogP contribution in [0.15, 0.2) is 47.4 Å². The van der Waals surface area contributed by atoms with Gasteiger partial charge in [-0.3, -0.25) is 4.57 Å². The van der Waals surface area contributed by atoms with Crippen LogP contribution in [0, 0.1) is 0 Å². The molecule has 1 N–H and O–H groups in total. The molecular formula is C20H20Cl2N4O4S. The molecule has 0 saturated heterocycles. The topological polar surface area (TPSA) is 95.3 Å². The molecule has 31 heavy (non-hydrogen) atoms.